The van der Waals surface area contributed by atoms with Gasteiger partial charge in [-0.05, 0) is 19.1 Å². The van der Waals surface area contributed by atoms with Gasteiger partial charge in [0.1, 0.15) is 6.42 Å². The summed E-state index contributed by atoms with van der Waals surface area (Å²) in [5.41, 5.74) is -0.0573. The van der Waals surface area contributed by atoms with Crippen LogP contribution in [0.15, 0.2) is 12.1 Å². The molecule has 0 spiro atoms. The number of nitrogens with one attached hydrogen (secondary N) is 1. The first-order chi connectivity index (χ1) is 8.10. The molecule has 0 saturated heterocycles. The summed E-state index contributed by atoms with van der Waals surface area (Å²) >= 11 is 5.75. The summed E-state index contributed by atoms with van der Waals surface area (Å²) in [7, 11) is 0. The topological polar surface area (TPSA) is 62.1 Å². The van der Waals surface area contributed by atoms with E-state index in [1.165, 1.54) is 12.1 Å². The van der Waals surface area contributed by atoms with Crippen molar-refractivity contribution in [3.05, 3.63) is 23.0 Å². The van der Waals surface area contributed by atoms with Crippen LogP contribution in [0.1, 0.15) is 13.3 Å². The number of ether oxygens (including phenoxy) is 1. The maximum atomic E-state index is 13.8. The van der Waals surface area contributed by atoms with Crippen LogP contribution in [0.5, 0.6) is 5.75 Å². The van der Waals surface area contributed by atoms with Crippen LogP contribution >= 0.6 is 11.6 Å². The highest BCUT2D eigenvalue weighted by Crippen LogP contribution is 2.32. The van der Waals surface area contributed by atoms with Gasteiger partial charge in [0.2, 0.25) is 5.91 Å². The number of hydrogen-bond donors (Lipinski definition) is 1. The molecule has 0 radical (unpaired) electrons. The molecule has 6 heteroatoms. The molecule has 90 valence electrons. The van der Waals surface area contributed by atoms with Crippen molar-refractivity contribution in [1.82, 2.24) is 0 Å². The van der Waals surface area contributed by atoms with Crippen molar-refractivity contribution in [3.63, 3.8) is 0 Å². The Morgan fingerprint density at radius 1 is 1.65 bits per heavy atom. The lowest BCUT2D eigenvalue weighted by atomic mass is 10.2. The molecule has 0 atom stereocenters. The Kier molecular flexibility index (Phi) is 4.73. The van der Waals surface area contributed by atoms with Crippen molar-refractivity contribution < 1.29 is 13.9 Å². The fourth-order valence-corrected chi connectivity index (χ4v) is 1.37. The Balaban J connectivity index is 2.98. The van der Waals surface area contributed by atoms with Gasteiger partial charge < -0.3 is 10.1 Å². The molecule has 1 aromatic rings. The van der Waals surface area contributed by atoms with Crippen molar-refractivity contribution in [2.75, 3.05) is 11.9 Å². The lowest BCUT2D eigenvalue weighted by Gasteiger charge is -2.10. The molecule has 0 fully saturated rings. The van der Waals surface area contributed by atoms with E-state index in [0.717, 1.165) is 0 Å². The Labute approximate surface area is 103 Å². The standard InChI is InChI=1S/C11H10ClFN2O2/c1-2-17-11-7(12)3-4-8(10(11)13)15-9(16)5-6-14/h3-4H,2,5H2,1H3,(H,15,16). The summed E-state index contributed by atoms with van der Waals surface area (Å²) < 4.78 is 18.8. The monoisotopic (exact) mass is 256 g/mol. The number of nitriles is 1. The van der Waals surface area contributed by atoms with Gasteiger partial charge >= 0.3 is 0 Å². The number of halogens is 2. The van der Waals surface area contributed by atoms with Gasteiger partial charge in [0, 0.05) is 0 Å². The summed E-state index contributed by atoms with van der Waals surface area (Å²) in [4.78, 5) is 11.1. The Bertz CT molecular complexity index is 471. The number of benzene rings is 1. The van der Waals surface area contributed by atoms with Gasteiger partial charge in [0.25, 0.3) is 0 Å². The molecule has 1 rings (SSSR count). The minimum Gasteiger partial charge on any atom is -0.489 e. The van der Waals surface area contributed by atoms with E-state index in [9.17, 15) is 9.18 Å². The summed E-state index contributed by atoms with van der Waals surface area (Å²) in [6.45, 7) is 1.95. The van der Waals surface area contributed by atoms with E-state index in [1.807, 2.05) is 0 Å². The molecule has 1 aromatic carbocycles. The van der Waals surface area contributed by atoms with E-state index in [4.69, 9.17) is 21.6 Å². The van der Waals surface area contributed by atoms with E-state index >= 15 is 0 Å². The zero-order valence-electron chi connectivity index (χ0n) is 9.09. The normalized spacial score (nSPS) is 9.53. The predicted octanol–water partition coefficient (Wildman–Crippen LogP) is 2.73. The Hall–Kier alpha value is -1.80. The quantitative estimate of drug-likeness (QED) is 0.901. The molecule has 17 heavy (non-hydrogen) atoms. The second kappa shape index (κ2) is 6.06. The minimum atomic E-state index is -0.745. The summed E-state index contributed by atoms with van der Waals surface area (Å²) in [5.74, 6) is -1.44. The molecule has 0 heterocycles. The van der Waals surface area contributed by atoms with Crippen molar-refractivity contribution in [3.8, 4) is 11.8 Å². The van der Waals surface area contributed by atoms with Crippen molar-refractivity contribution in [1.29, 1.82) is 5.26 Å². The van der Waals surface area contributed by atoms with E-state index in [-0.39, 0.29) is 29.5 Å². The molecule has 0 aromatic heterocycles. The second-order valence-electron chi connectivity index (χ2n) is 3.05. The molecule has 0 bridgehead atoms. The lowest BCUT2D eigenvalue weighted by Crippen LogP contribution is -2.12. The third-order valence-electron chi connectivity index (χ3n) is 1.85. The number of rotatable bonds is 4. The summed E-state index contributed by atoms with van der Waals surface area (Å²) in [5, 5.41) is 10.7. The zero-order chi connectivity index (χ0) is 12.8. The minimum absolute atomic E-state index is 0.0573. The number of carbonyl (C=O) groups is 1. The lowest BCUT2D eigenvalue weighted by molar-refractivity contribution is -0.115. The van der Waals surface area contributed by atoms with Gasteiger partial charge in [-0.3, -0.25) is 4.79 Å². The van der Waals surface area contributed by atoms with Gasteiger partial charge in [0.15, 0.2) is 11.6 Å². The summed E-state index contributed by atoms with van der Waals surface area (Å²) in [6.07, 6.45) is -0.341. The fourth-order valence-electron chi connectivity index (χ4n) is 1.17. The molecule has 1 N–H and O–H groups in total. The molecular weight excluding hydrogens is 247 g/mol. The van der Waals surface area contributed by atoms with Gasteiger partial charge in [-0.1, -0.05) is 11.6 Å². The van der Waals surface area contributed by atoms with Crippen LogP contribution in [-0.2, 0) is 4.79 Å². The molecular formula is C11H10ClFN2O2. The Morgan fingerprint density at radius 2 is 2.35 bits per heavy atom. The zero-order valence-corrected chi connectivity index (χ0v) is 9.84. The smallest absolute Gasteiger partial charge is 0.238 e. The van der Waals surface area contributed by atoms with Crippen molar-refractivity contribution in [2.45, 2.75) is 13.3 Å². The van der Waals surface area contributed by atoms with Crippen LogP contribution in [0.4, 0.5) is 10.1 Å². The van der Waals surface area contributed by atoms with Gasteiger partial charge in [0.05, 0.1) is 23.4 Å². The first-order valence-corrected chi connectivity index (χ1v) is 5.25. The molecule has 4 nitrogen and oxygen atoms in total. The largest absolute Gasteiger partial charge is 0.489 e. The SMILES string of the molecule is CCOc1c(Cl)ccc(NC(=O)CC#N)c1F. The third kappa shape index (κ3) is 3.33. The van der Waals surface area contributed by atoms with Crippen LogP contribution in [0, 0.1) is 17.1 Å². The molecule has 0 aliphatic rings. The number of carbonyl (C=O) groups excluding carboxylic acids is 1. The van der Waals surface area contributed by atoms with Gasteiger partial charge in [-0.2, -0.15) is 5.26 Å². The molecule has 0 saturated carbocycles. The maximum Gasteiger partial charge on any atom is 0.238 e. The summed E-state index contributed by atoms with van der Waals surface area (Å²) in [6, 6.07) is 4.40. The molecule has 0 aliphatic carbocycles. The second-order valence-corrected chi connectivity index (χ2v) is 3.46. The van der Waals surface area contributed by atoms with Crippen LogP contribution < -0.4 is 10.1 Å². The number of hydrogen-bond acceptors (Lipinski definition) is 3. The maximum absolute atomic E-state index is 13.8. The van der Waals surface area contributed by atoms with Gasteiger partial charge in [-0.25, -0.2) is 4.39 Å². The average molecular weight is 257 g/mol. The average Bonchev–Trinajstić information content (AvgIpc) is 2.29. The van der Waals surface area contributed by atoms with E-state index in [0.29, 0.717) is 0 Å². The van der Waals surface area contributed by atoms with Crippen LogP contribution in [0.2, 0.25) is 5.02 Å². The Morgan fingerprint density at radius 3 is 2.94 bits per heavy atom. The highest BCUT2D eigenvalue weighted by molar-refractivity contribution is 6.32. The highest BCUT2D eigenvalue weighted by Gasteiger charge is 2.15. The third-order valence-corrected chi connectivity index (χ3v) is 2.15. The van der Waals surface area contributed by atoms with Crippen LogP contribution in [0.25, 0.3) is 0 Å². The number of nitrogens with zero attached hydrogens (tertiary/aromatic N) is 1. The first-order valence-electron chi connectivity index (χ1n) is 4.87. The van der Waals surface area contributed by atoms with E-state index < -0.39 is 11.7 Å². The molecule has 0 unspecified atom stereocenters. The van der Waals surface area contributed by atoms with E-state index in [1.54, 1.807) is 13.0 Å². The van der Waals surface area contributed by atoms with E-state index in [2.05, 4.69) is 5.32 Å². The first kappa shape index (κ1) is 13.3. The highest BCUT2D eigenvalue weighted by atomic mass is 35.5. The number of anilines is 1. The van der Waals surface area contributed by atoms with Crippen molar-refractivity contribution >= 4 is 23.2 Å². The fraction of sp³-hybridized carbons (Fsp3) is 0.273. The van der Waals surface area contributed by atoms with Crippen LogP contribution in [0.3, 0.4) is 0 Å². The van der Waals surface area contributed by atoms with Gasteiger partial charge in [-0.15, -0.1) is 0 Å². The van der Waals surface area contributed by atoms with Crippen LogP contribution in [-0.4, -0.2) is 12.5 Å². The number of amides is 1. The van der Waals surface area contributed by atoms with Crippen molar-refractivity contribution in [2.24, 2.45) is 0 Å². The molecule has 0 aliphatic heterocycles. The molecule has 1 amide bonds. The predicted molar refractivity (Wildman–Crippen MR) is 61.4 cm³/mol.